The molecule has 2 nitrogen and oxygen atoms in total. The third-order valence-electron chi connectivity index (χ3n) is 3.39. The Morgan fingerprint density at radius 3 is 2.94 bits per heavy atom. The third-order valence-corrected chi connectivity index (χ3v) is 4.93. The second kappa shape index (κ2) is 7.12. The van der Waals surface area contributed by atoms with Crippen molar-refractivity contribution in [1.82, 2.24) is 5.32 Å². The minimum atomic E-state index is 0.586. The monoisotopic (exact) mass is 253 g/mol. The van der Waals surface area contributed by atoms with Crippen LogP contribution in [0.4, 0.5) is 0 Å². The number of furan rings is 1. The molecule has 1 saturated carbocycles. The van der Waals surface area contributed by atoms with Crippen molar-refractivity contribution in [3.8, 4) is 0 Å². The number of rotatable bonds is 7. The topological polar surface area (TPSA) is 25.2 Å². The Kier molecular flexibility index (Phi) is 5.46. The maximum Gasteiger partial charge on any atom is 0.0935 e. The molecule has 1 heterocycles. The lowest BCUT2D eigenvalue weighted by Gasteiger charge is -2.19. The van der Waals surface area contributed by atoms with Crippen LogP contribution >= 0.6 is 11.8 Å². The van der Waals surface area contributed by atoms with Gasteiger partial charge in [0, 0.05) is 17.0 Å². The van der Waals surface area contributed by atoms with Gasteiger partial charge in [0.25, 0.3) is 0 Å². The number of thioether (sulfide) groups is 1. The van der Waals surface area contributed by atoms with Crippen molar-refractivity contribution in [1.29, 1.82) is 0 Å². The van der Waals surface area contributed by atoms with Gasteiger partial charge in [0.1, 0.15) is 0 Å². The highest BCUT2D eigenvalue weighted by atomic mass is 32.2. The molecule has 0 saturated heterocycles. The van der Waals surface area contributed by atoms with Gasteiger partial charge in [-0.15, -0.1) is 0 Å². The number of hydrogen-bond acceptors (Lipinski definition) is 3. The van der Waals surface area contributed by atoms with E-state index in [4.69, 9.17) is 4.42 Å². The average Bonchev–Trinajstić information content (AvgIpc) is 2.99. The summed E-state index contributed by atoms with van der Waals surface area (Å²) < 4.78 is 5.14. The maximum absolute atomic E-state index is 5.14. The summed E-state index contributed by atoms with van der Waals surface area (Å²) in [5, 5.41) is 4.50. The standard InChI is InChI=1S/C14H23NOS/c1-2-15-13(9-12-7-8-16-10-12)11-17-14-5-3-4-6-14/h7-8,10,13-15H,2-6,9,11H2,1H3. The largest absolute Gasteiger partial charge is 0.472 e. The van der Waals surface area contributed by atoms with Gasteiger partial charge >= 0.3 is 0 Å². The SMILES string of the molecule is CCNC(CSC1CCCC1)Cc1ccoc1. The van der Waals surface area contributed by atoms with E-state index in [2.05, 4.69) is 30.1 Å². The maximum atomic E-state index is 5.14. The van der Waals surface area contributed by atoms with Gasteiger partial charge in [-0.3, -0.25) is 0 Å². The fraction of sp³-hybridized carbons (Fsp3) is 0.714. The molecule has 3 heteroatoms. The molecule has 1 N–H and O–H groups in total. The predicted molar refractivity (Wildman–Crippen MR) is 74.6 cm³/mol. The van der Waals surface area contributed by atoms with E-state index < -0.39 is 0 Å². The van der Waals surface area contributed by atoms with E-state index in [0.29, 0.717) is 6.04 Å². The summed E-state index contributed by atoms with van der Waals surface area (Å²) in [4.78, 5) is 0. The minimum absolute atomic E-state index is 0.586. The van der Waals surface area contributed by atoms with Crippen LogP contribution in [0.3, 0.4) is 0 Å². The molecule has 96 valence electrons. The van der Waals surface area contributed by atoms with Gasteiger partial charge in [0.15, 0.2) is 0 Å². The summed E-state index contributed by atoms with van der Waals surface area (Å²) in [6, 6.07) is 2.66. The highest BCUT2D eigenvalue weighted by Crippen LogP contribution is 2.30. The first-order valence-corrected chi connectivity index (χ1v) is 7.79. The molecule has 0 aliphatic heterocycles. The molecular weight excluding hydrogens is 230 g/mol. The van der Waals surface area contributed by atoms with Crippen LogP contribution < -0.4 is 5.32 Å². The fourth-order valence-corrected chi connectivity index (χ4v) is 3.89. The average molecular weight is 253 g/mol. The number of hydrogen-bond donors (Lipinski definition) is 1. The van der Waals surface area contributed by atoms with Crippen molar-refractivity contribution in [2.24, 2.45) is 0 Å². The Labute approximate surface area is 109 Å². The molecule has 0 bridgehead atoms. The summed E-state index contributed by atoms with van der Waals surface area (Å²) in [6.45, 7) is 3.23. The van der Waals surface area contributed by atoms with Crippen LogP contribution in [0.25, 0.3) is 0 Å². The summed E-state index contributed by atoms with van der Waals surface area (Å²) in [5.74, 6) is 1.23. The smallest absolute Gasteiger partial charge is 0.0935 e. The van der Waals surface area contributed by atoms with Crippen LogP contribution in [0.15, 0.2) is 23.0 Å². The Bertz CT molecular complexity index is 293. The second-order valence-electron chi connectivity index (χ2n) is 4.83. The van der Waals surface area contributed by atoms with Gasteiger partial charge < -0.3 is 9.73 Å². The van der Waals surface area contributed by atoms with Crippen LogP contribution in [0, 0.1) is 0 Å². The first-order chi connectivity index (χ1) is 8.38. The summed E-state index contributed by atoms with van der Waals surface area (Å²) in [5.41, 5.74) is 1.31. The van der Waals surface area contributed by atoms with Crippen molar-refractivity contribution >= 4 is 11.8 Å². The quantitative estimate of drug-likeness (QED) is 0.805. The van der Waals surface area contributed by atoms with E-state index in [1.54, 1.807) is 6.26 Å². The second-order valence-corrected chi connectivity index (χ2v) is 6.16. The number of likely N-dealkylation sites (N-methyl/N-ethyl adjacent to an activating group) is 1. The van der Waals surface area contributed by atoms with Crippen molar-refractivity contribution in [3.63, 3.8) is 0 Å². The zero-order chi connectivity index (χ0) is 11.9. The fourth-order valence-electron chi connectivity index (χ4n) is 2.48. The summed E-state index contributed by atoms with van der Waals surface area (Å²) in [6.07, 6.45) is 10.4. The van der Waals surface area contributed by atoms with Crippen LogP contribution in [0.2, 0.25) is 0 Å². The first-order valence-electron chi connectivity index (χ1n) is 6.74. The van der Waals surface area contributed by atoms with Crippen molar-refractivity contribution in [2.45, 2.75) is 50.3 Å². The zero-order valence-electron chi connectivity index (χ0n) is 10.7. The zero-order valence-corrected chi connectivity index (χ0v) is 11.5. The highest BCUT2D eigenvalue weighted by molar-refractivity contribution is 7.99. The molecule has 0 spiro atoms. The first kappa shape index (κ1) is 13.0. The highest BCUT2D eigenvalue weighted by Gasteiger charge is 2.17. The molecule has 1 aliphatic carbocycles. The van der Waals surface area contributed by atoms with Gasteiger partial charge in [-0.2, -0.15) is 11.8 Å². The lowest BCUT2D eigenvalue weighted by atomic mass is 10.1. The van der Waals surface area contributed by atoms with Crippen molar-refractivity contribution in [2.75, 3.05) is 12.3 Å². The van der Waals surface area contributed by atoms with E-state index in [9.17, 15) is 0 Å². The van der Waals surface area contributed by atoms with E-state index in [-0.39, 0.29) is 0 Å². The van der Waals surface area contributed by atoms with Crippen LogP contribution in [-0.4, -0.2) is 23.6 Å². The van der Waals surface area contributed by atoms with E-state index in [1.807, 2.05) is 6.26 Å². The summed E-state index contributed by atoms with van der Waals surface area (Å²) in [7, 11) is 0. The minimum Gasteiger partial charge on any atom is -0.472 e. The molecule has 0 amide bonds. The molecule has 1 aromatic heterocycles. The Balaban J connectivity index is 1.75. The Morgan fingerprint density at radius 1 is 1.47 bits per heavy atom. The van der Waals surface area contributed by atoms with E-state index >= 15 is 0 Å². The molecule has 0 radical (unpaired) electrons. The van der Waals surface area contributed by atoms with E-state index in [1.165, 1.54) is 37.0 Å². The lowest BCUT2D eigenvalue weighted by molar-refractivity contribution is 0.547. The molecular formula is C14H23NOS. The molecule has 2 rings (SSSR count). The molecule has 1 aromatic rings. The van der Waals surface area contributed by atoms with Crippen LogP contribution in [0.5, 0.6) is 0 Å². The van der Waals surface area contributed by atoms with Crippen LogP contribution in [-0.2, 0) is 6.42 Å². The van der Waals surface area contributed by atoms with Crippen molar-refractivity contribution < 1.29 is 4.42 Å². The van der Waals surface area contributed by atoms with Gasteiger partial charge in [0.2, 0.25) is 0 Å². The van der Waals surface area contributed by atoms with Gasteiger partial charge in [-0.1, -0.05) is 19.8 Å². The Hall–Kier alpha value is -0.410. The normalized spacial score (nSPS) is 18.6. The summed E-state index contributed by atoms with van der Waals surface area (Å²) >= 11 is 2.16. The number of nitrogens with one attached hydrogen (secondary N) is 1. The molecule has 0 aromatic carbocycles. The predicted octanol–water partition coefficient (Wildman–Crippen LogP) is 3.48. The molecule has 1 unspecified atom stereocenters. The van der Waals surface area contributed by atoms with Gasteiger partial charge in [-0.25, -0.2) is 0 Å². The van der Waals surface area contributed by atoms with Gasteiger partial charge in [0.05, 0.1) is 12.5 Å². The molecule has 1 atom stereocenters. The van der Waals surface area contributed by atoms with Crippen molar-refractivity contribution in [3.05, 3.63) is 24.2 Å². The van der Waals surface area contributed by atoms with Crippen LogP contribution in [0.1, 0.15) is 38.2 Å². The van der Waals surface area contributed by atoms with E-state index in [0.717, 1.165) is 18.2 Å². The Morgan fingerprint density at radius 2 is 2.29 bits per heavy atom. The molecule has 1 aliphatic rings. The third kappa shape index (κ3) is 4.40. The van der Waals surface area contributed by atoms with Gasteiger partial charge in [-0.05, 0) is 37.4 Å². The molecule has 17 heavy (non-hydrogen) atoms. The molecule has 1 fully saturated rings. The lowest BCUT2D eigenvalue weighted by Crippen LogP contribution is -2.33.